The van der Waals surface area contributed by atoms with Crippen molar-refractivity contribution in [2.24, 2.45) is 0 Å². The van der Waals surface area contributed by atoms with E-state index in [1.54, 1.807) is 13.8 Å². The zero-order valence-corrected chi connectivity index (χ0v) is 14.1. The smallest absolute Gasteiger partial charge is 0.801 e. The molecule has 0 amide bonds. The van der Waals surface area contributed by atoms with Crippen LogP contribution in [-0.4, -0.2) is 49.1 Å². The SMILES string of the molecule is CCC(C)[PH](=O)[O-].CCC(C)[PH](=O)[O-].[Ca+2]. The molecule has 0 aliphatic rings. The van der Waals surface area contributed by atoms with Gasteiger partial charge in [-0.25, -0.2) is 0 Å². The summed E-state index contributed by atoms with van der Waals surface area (Å²) >= 11 is 0. The van der Waals surface area contributed by atoms with Crippen LogP contribution in [0.4, 0.5) is 0 Å². The average molecular weight is 282 g/mol. The molecular weight excluding hydrogens is 262 g/mol. The van der Waals surface area contributed by atoms with Gasteiger partial charge in [-0.15, -0.1) is 0 Å². The van der Waals surface area contributed by atoms with Crippen molar-refractivity contribution >= 4 is 53.8 Å². The normalized spacial score (nSPS) is 17.5. The summed E-state index contributed by atoms with van der Waals surface area (Å²) in [6.45, 7) is 7.17. The van der Waals surface area contributed by atoms with Crippen molar-refractivity contribution in [3.63, 3.8) is 0 Å². The summed E-state index contributed by atoms with van der Waals surface area (Å²) in [5.74, 6) is 0. The molecule has 0 bridgehead atoms. The molecule has 15 heavy (non-hydrogen) atoms. The van der Waals surface area contributed by atoms with E-state index in [0.29, 0.717) is 0 Å². The summed E-state index contributed by atoms with van der Waals surface area (Å²) in [4.78, 5) is 20.0. The first-order valence-corrected chi connectivity index (χ1v) is 7.57. The average Bonchev–Trinajstić information content (AvgIpc) is 2.15. The van der Waals surface area contributed by atoms with Crippen molar-refractivity contribution in [2.75, 3.05) is 0 Å². The predicted molar refractivity (Wildman–Crippen MR) is 63.3 cm³/mol. The van der Waals surface area contributed by atoms with Crippen LogP contribution in [0.5, 0.6) is 0 Å². The molecule has 0 aromatic rings. The molecule has 4 nitrogen and oxygen atoms in total. The molecule has 0 aliphatic heterocycles. The molecular formula is C8H20CaO4P2. The zero-order chi connectivity index (χ0) is 11.7. The van der Waals surface area contributed by atoms with E-state index < -0.39 is 16.1 Å². The van der Waals surface area contributed by atoms with Crippen LogP contribution in [0.3, 0.4) is 0 Å². The summed E-state index contributed by atoms with van der Waals surface area (Å²) in [5.41, 5.74) is -0.213. The first-order chi connectivity index (χ1) is 6.36. The Morgan fingerprint density at radius 1 is 0.933 bits per heavy atom. The minimum absolute atomic E-state index is 0. The molecule has 0 radical (unpaired) electrons. The van der Waals surface area contributed by atoms with Crippen molar-refractivity contribution in [1.29, 1.82) is 0 Å². The molecule has 0 aliphatic carbocycles. The van der Waals surface area contributed by atoms with Gasteiger partial charge in [-0.2, -0.15) is 0 Å². The summed E-state index contributed by atoms with van der Waals surface area (Å²) in [7, 11) is -4.93. The summed E-state index contributed by atoms with van der Waals surface area (Å²) < 4.78 is 20.0. The van der Waals surface area contributed by atoms with Crippen LogP contribution in [0, 0.1) is 0 Å². The largest absolute Gasteiger partial charge is 2.00 e. The van der Waals surface area contributed by atoms with E-state index >= 15 is 0 Å². The van der Waals surface area contributed by atoms with Gasteiger partial charge >= 0.3 is 37.7 Å². The van der Waals surface area contributed by atoms with Gasteiger partial charge in [0.15, 0.2) is 0 Å². The van der Waals surface area contributed by atoms with Crippen LogP contribution < -0.4 is 9.79 Å². The molecule has 0 saturated carbocycles. The standard InChI is InChI=1S/2C4H11O2P.Ca/c2*1-3-4(2)7(5)6;/h2*4,7H,3H2,1-2H3,(H,5,6);/q;;+2/p-2. The van der Waals surface area contributed by atoms with Crippen LogP contribution >= 0.6 is 16.1 Å². The number of hydrogen-bond donors (Lipinski definition) is 0. The Labute approximate surface area is 124 Å². The van der Waals surface area contributed by atoms with E-state index in [0.717, 1.165) is 12.8 Å². The molecule has 0 aromatic carbocycles. The minimum Gasteiger partial charge on any atom is -0.801 e. The molecule has 0 spiro atoms. The number of hydrogen-bond acceptors (Lipinski definition) is 4. The fourth-order valence-electron chi connectivity index (χ4n) is 0.333. The molecule has 0 fully saturated rings. The zero-order valence-electron chi connectivity index (χ0n) is 9.91. The molecule has 0 aromatic heterocycles. The van der Waals surface area contributed by atoms with Gasteiger partial charge in [-0.3, -0.25) is 0 Å². The third-order valence-corrected chi connectivity index (χ3v) is 4.46. The van der Waals surface area contributed by atoms with E-state index in [-0.39, 0.29) is 49.1 Å². The summed E-state index contributed by atoms with van der Waals surface area (Å²) in [5, 5.41) is 0. The van der Waals surface area contributed by atoms with Gasteiger partial charge in [0.1, 0.15) is 0 Å². The van der Waals surface area contributed by atoms with Crippen LogP contribution in [0.2, 0.25) is 0 Å². The van der Waals surface area contributed by atoms with Crippen molar-refractivity contribution in [3.05, 3.63) is 0 Å². The third-order valence-electron chi connectivity index (χ3n) is 2.03. The fraction of sp³-hybridized carbons (Fsp3) is 1.00. The van der Waals surface area contributed by atoms with Gasteiger partial charge in [-0.05, 0) is 24.2 Å². The maximum atomic E-state index is 10.0. The second-order valence-electron chi connectivity index (χ2n) is 3.26. The topological polar surface area (TPSA) is 80.3 Å². The Hall–Kier alpha value is 1.64. The van der Waals surface area contributed by atoms with Crippen molar-refractivity contribution < 1.29 is 18.9 Å². The van der Waals surface area contributed by atoms with E-state index in [1.807, 2.05) is 13.8 Å². The molecule has 0 saturated heterocycles. The Bertz CT molecular complexity index is 169. The summed E-state index contributed by atoms with van der Waals surface area (Å²) in [6, 6.07) is 0. The molecule has 0 N–H and O–H groups in total. The Balaban J connectivity index is -0.000000180. The predicted octanol–water partition coefficient (Wildman–Crippen LogP) is 0.859. The van der Waals surface area contributed by atoms with Crippen LogP contribution in [-0.2, 0) is 9.13 Å². The quantitative estimate of drug-likeness (QED) is 0.565. The van der Waals surface area contributed by atoms with Gasteiger partial charge in [0.05, 0.1) is 0 Å². The van der Waals surface area contributed by atoms with Crippen molar-refractivity contribution in [3.8, 4) is 0 Å². The molecule has 88 valence electrons. The van der Waals surface area contributed by atoms with E-state index in [2.05, 4.69) is 0 Å². The van der Waals surface area contributed by atoms with Gasteiger partial charge in [0, 0.05) is 16.1 Å². The molecule has 4 unspecified atom stereocenters. The maximum absolute atomic E-state index is 10.0. The van der Waals surface area contributed by atoms with Gasteiger partial charge < -0.3 is 18.9 Å². The fourth-order valence-corrected chi connectivity index (χ4v) is 1.00. The Morgan fingerprint density at radius 3 is 1.13 bits per heavy atom. The van der Waals surface area contributed by atoms with Gasteiger partial charge in [-0.1, -0.05) is 27.7 Å². The Morgan fingerprint density at radius 2 is 1.13 bits per heavy atom. The number of rotatable bonds is 4. The van der Waals surface area contributed by atoms with Gasteiger partial charge in [0.25, 0.3) is 0 Å². The molecule has 7 heteroatoms. The maximum Gasteiger partial charge on any atom is 2.00 e. The first kappa shape index (κ1) is 21.9. The van der Waals surface area contributed by atoms with Crippen LogP contribution in [0.1, 0.15) is 40.5 Å². The van der Waals surface area contributed by atoms with E-state index in [9.17, 15) is 18.9 Å². The first-order valence-electron chi connectivity index (χ1n) is 4.78. The van der Waals surface area contributed by atoms with Gasteiger partial charge in [0.2, 0.25) is 0 Å². The van der Waals surface area contributed by atoms with Crippen molar-refractivity contribution in [2.45, 2.75) is 51.9 Å². The molecule has 4 atom stereocenters. The monoisotopic (exact) mass is 282 g/mol. The van der Waals surface area contributed by atoms with E-state index in [4.69, 9.17) is 0 Å². The Kier molecular flexibility index (Phi) is 20.0. The molecule has 0 rings (SSSR count). The third kappa shape index (κ3) is 15.6. The second kappa shape index (κ2) is 13.7. The second-order valence-corrected chi connectivity index (χ2v) is 6.50. The summed E-state index contributed by atoms with van der Waals surface area (Å²) in [6.07, 6.45) is 1.47. The van der Waals surface area contributed by atoms with Crippen LogP contribution in [0.15, 0.2) is 0 Å². The van der Waals surface area contributed by atoms with Crippen LogP contribution in [0.25, 0.3) is 0 Å². The van der Waals surface area contributed by atoms with E-state index in [1.165, 1.54) is 0 Å². The molecule has 0 heterocycles. The van der Waals surface area contributed by atoms with Crippen molar-refractivity contribution in [1.82, 2.24) is 0 Å². The minimum atomic E-state index is -2.46.